The van der Waals surface area contributed by atoms with Gasteiger partial charge in [0, 0.05) is 25.1 Å². The third-order valence-corrected chi connectivity index (χ3v) is 4.48. The Bertz CT molecular complexity index is 750. The first kappa shape index (κ1) is 16.5. The minimum Gasteiger partial charge on any atom is -0.496 e. The molecule has 0 bridgehead atoms. The van der Waals surface area contributed by atoms with E-state index < -0.39 is 0 Å². The molecule has 1 aliphatic heterocycles. The molecule has 1 fully saturated rings. The van der Waals surface area contributed by atoms with Crippen LogP contribution < -0.4 is 15.0 Å². The van der Waals surface area contributed by atoms with Crippen LogP contribution in [0.1, 0.15) is 29.4 Å². The number of nitrogens with one attached hydrogen (secondary N) is 1. The van der Waals surface area contributed by atoms with Crippen LogP contribution in [0, 0.1) is 6.92 Å². The number of likely N-dealkylation sites (tertiary alicyclic amines) is 1. The molecule has 0 aliphatic carbocycles. The van der Waals surface area contributed by atoms with Crippen molar-refractivity contribution in [2.24, 2.45) is 0 Å². The molecular formula is C18H23N3O3. The van der Waals surface area contributed by atoms with E-state index in [0.29, 0.717) is 5.82 Å². The number of aryl methyl sites for hydroxylation is 1. The van der Waals surface area contributed by atoms with Gasteiger partial charge in [0.05, 0.1) is 25.5 Å². The molecule has 0 amide bonds. The smallest absolute Gasteiger partial charge is 0.251 e. The molecule has 3 rings (SSSR count). The number of aromatic nitrogens is 2. The summed E-state index contributed by atoms with van der Waals surface area (Å²) in [4.78, 5) is 21.2. The summed E-state index contributed by atoms with van der Waals surface area (Å²) in [5.74, 6) is 2.62. The van der Waals surface area contributed by atoms with Crippen LogP contribution in [-0.4, -0.2) is 42.2 Å². The lowest BCUT2D eigenvalue weighted by Gasteiger charge is -2.20. The van der Waals surface area contributed by atoms with Crippen molar-refractivity contribution in [3.05, 3.63) is 51.7 Å². The summed E-state index contributed by atoms with van der Waals surface area (Å²) in [6.07, 6.45) is 0.993. The van der Waals surface area contributed by atoms with Crippen molar-refractivity contribution in [1.82, 2.24) is 14.9 Å². The second-order valence-corrected chi connectivity index (χ2v) is 6.12. The van der Waals surface area contributed by atoms with Crippen LogP contribution in [0.15, 0.2) is 29.1 Å². The molecule has 1 unspecified atom stereocenters. The zero-order chi connectivity index (χ0) is 17.1. The van der Waals surface area contributed by atoms with E-state index in [9.17, 15) is 4.79 Å². The maximum absolute atomic E-state index is 11.7. The van der Waals surface area contributed by atoms with Gasteiger partial charge in [0.15, 0.2) is 0 Å². The molecule has 1 aromatic heterocycles. The molecule has 1 atom stereocenters. The van der Waals surface area contributed by atoms with Gasteiger partial charge in [-0.25, -0.2) is 4.98 Å². The van der Waals surface area contributed by atoms with E-state index in [1.807, 2.05) is 25.1 Å². The molecule has 1 saturated heterocycles. The van der Waals surface area contributed by atoms with Gasteiger partial charge in [0.25, 0.3) is 5.56 Å². The number of hydrogen-bond donors (Lipinski definition) is 1. The van der Waals surface area contributed by atoms with Crippen LogP contribution in [-0.2, 0) is 6.54 Å². The van der Waals surface area contributed by atoms with Gasteiger partial charge in [-0.15, -0.1) is 0 Å². The number of ether oxygens (including phenoxy) is 2. The van der Waals surface area contributed by atoms with Gasteiger partial charge in [-0.1, -0.05) is 6.07 Å². The molecule has 1 N–H and O–H groups in total. The highest BCUT2D eigenvalue weighted by atomic mass is 16.5. The Morgan fingerprint density at radius 2 is 2.00 bits per heavy atom. The van der Waals surface area contributed by atoms with Crippen molar-refractivity contribution >= 4 is 0 Å². The van der Waals surface area contributed by atoms with E-state index >= 15 is 0 Å². The van der Waals surface area contributed by atoms with Gasteiger partial charge >= 0.3 is 0 Å². The molecule has 6 heteroatoms. The third-order valence-electron chi connectivity index (χ3n) is 4.48. The molecule has 128 valence electrons. The zero-order valence-electron chi connectivity index (χ0n) is 14.3. The van der Waals surface area contributed by atoms with E-state index in [4.69, 9.17) is 9.47 Å². The topological polar surface area (TPSA) is 67.5 Å². The van der Waals surface area contributed by atoms with Crippen LogP contribution >= 0.6 is 0 Å². The fraction of sp³-hybridized carbons (Fsp3) is 0.444. The summed E-state index contributed by atoms with van der Waals surface area (Å²) in [7, 11) is 3.35. The zero-order valence-corrected chi connectivity index (χ0v) is 14.3. The number of nitrogens with zero attached hydrogens (tertiary/aromatic N) is 2. The maximum Gasteiger partial charge on any atom is 0.251 e. The normalized spacial score (nSPS) is 17.9. The summed E-state index contributed by atoms with van der Waals surface area (Å²) >= 11 is 0. The first-order chi connectivity index (χ1) is 11.6. The Morgan fingerprint density at radius 3 is 2.62 bits per heavy atom. The summed E-state index contributed by atoms with van der Waals surface area (Å²) in [6, 6.07) is 7.45. The van der Waals surface area contributed by atoms with Crippen molar-refractivity contribution in [3.63, 3.8) is 0 Å². The number of methoxy groups -OCH3 is 2. The molecule has 6 nitrogen and oxygen atoms in total. The van der Waals surface area contributed by atoms with Crippen molar-refractivity contribution in [2.45, 2.75) is 25.8 Å². The fourth-order valence-corrected chi connectivity index (χ4v) is 3.34. The van der Waals surface area contributed by atoms with Crippen molar-refractivity contribution in [3.8, 4) is 11.5 Å². The van der Waals surface area contributed by atoms with Gasteiger partial charge < -0.3 is 14.5 Å². The van der Waals surface area contributed by atoms with E-state index in [2.05, 4.69) is 14.9 Å². The van der Waals surface area contributed by atoms with Crippen molar-refractivity contribution < 1.29 is 9.47 Å². The molecule has 2 heterocycles. The van der Waals surface area contributed by atoms with Crippen LogP contribution in [0.2, 0.25) is 0 Å². The van der Waals surface area contributed by atoms with E-state index in [1.54, 1.807) is 20.3 Å². The van der Waals surface area contributed by atoms with E-state index in [1.165, 1.54) is 0 Å². The monoisotopic (exact) mass is 329 g/mol. The lowest BCUT2D eigenvalue weighted by molar-refractivity contribution is 0.305. The number of H-pyrrole nitrogens is 1. The molecule has 24 heavy (non-hydrogen) atoms. The van der Waals surface area contributed by atoms with Gasteiger partial charge in [-0.2, -0.15) is 0 Å². The average molecular weight is 329 g/mol. The van der Waals surface area contributed by atoms with Gasteiger partial charge in [0.1, 0.15) is 17.3 Å². The Labute approximate surface area is 141 Å². The minimum absolute atomic E-state index is 0.0812. The Morgan fingerprint density at radius 1 is 1.29 bits per heavy atom. The quantitative estimate of drug-likeness (QED) is 0.910. The fourth-order valence-electron chi connectivity index (χ4n) is 3.34. The number of rotatable bonds is 5. The summed E-state index contributed by atoms with van der Waals surface area (Å²) in [5.41, 5.74) is 1.85. The second kappa shape index (κ2) is 7.05. The van der Waals surface area contributed by atoms with Crippen LogP contribution in [0.5, 0.6) is 11.5 Å². The predicted molar refractivity (Wildman–Crippen MR) is 91.8 cm³/mol. The van der Waals surface area contributed by atoms with Crippen molar-refractivity contribution in [1.29, 1.82) is 0 Å². The largest absolute Gasteiger partial charge is 0.496 e. The minimum atomic E-state index is -0.0812. The summed E-state index contributed by atoms with van der Waals surface area (Å²) in [6.45, 7) is 4.40. The summed E-state index contributed by atoms with van der Waals surface area (Å²) in [5, 5.41) is 0. The molecule has 0 spiro atoms. The van der Waals surface area contributed by atoms with E-state index in [-0.39, 0.29) is 11.5 Å². The molecule has 0 saturated carbocycles. The number of benzene rings is 1. The van der Waals surface area contributed by atoms with Crippen LogP contribution in [0.3, 0.4) is 0 Å². The van der Waals surface area contributed by atoms with Gasteiger partial charge in [-0.3, -0.25) is 9.69 Å². The molecule has 2 aromatic rings. The maximum atomic E-state index is 11.7. The molecule has 0 radical (unpaired) electrons. The highest BCUT2D eigenvalue weighted by molar-refractivity contribution is 5.44. The molecular weight excluding hydrogens is 306 g/mol. The van der Waals surface area contributed by atoms with Crippen molar-refractivity contribution in [2.75, 3.05) is 27.3 Å². The first-order valence-corrected chi connectivity index (χ1v) is 8.10. The lowest BCUT2D eigenvalue weighted by atomic mass is 10.0. The Hall–Kier alpha value is -2.34. The molecule has 1 aliphatic rings. The van der Waals surface area contributed by atoms with Gasteiger partial charge in [0.2, 0.25) is 0 Å². The standard InChI is InChI=1S/C18H23N3O3/c1-12-19-15(9-18(22)20-12)13-7-8-21(10-13)11-14-16(23-2)5-4-6-17(14)24-3/h4-6,9,13H,7-8,10-11H2,1-3H3,(H,19,20,22). The van der Waals surface area contributed by atoms with Crippen LogP contribution in [0.25, 0.3) is 0 Å². The van der Waals surface area contributed by atoms with Gasteiger partial charge in [-0.05, 0) is 32.0 Å². The lowest BCUT2D eigenvalue weighted by Crippen LogP contribution is -2.21. The first-order valence-electron chi connectivity index (χ1n) is 8.10. The second-order valence-electron chi connectivity index (χ2n) is 6.12. The third kappa shape index (κ3) is 3.43. The SMILES string of the molecule is COc1cccc(OC)c1CN1CCC(c2cc(=O)[nH]c(C)n2)C1. The van der Waals surface area contributed by atoms with Crippen LogP contribution in [0.4, 0.5) is 0 Å². The predicted octanol–water partition coefficient (Wildman–Crippen LogP) is 2.09. The highest BCUT2D eigenvalue weighted by Crippen LogP contribution is 2.33. The average Bonchev–Trinajstić information content (AvgIpc) is 3.03. The number of aromatic amines is 1. The Kier molecular flexibility index (Phi) is 4.85. The van der Waals surface area contributed by atoms with E-state index in [0.717, 1.165) is 48.8 Å². The highest BCUT2D eigenvalue weighted by Gasteiger charge is 2.27. The summed E-state index contributed by atoms with van der Waals surface area (Å²) < 4.78 is 11.0. The number of hydrogen-bond acceptors (Lipinski definition) is 5. The Balaban J connectivity index is 1.76. The molecule has 1 aromatic carbocycles.